The summed E-state index contributed by atoms with van der Waals surface area (Å²) in [7, 11) is 1.88. The van der Waals surface area contributed by atoms with E-state index in [2.05, 4.69) is 16.4 Å². The maximum Gasteiger partial charge on any atom is 0.0441 e. The normalized spacial score (nSPS) is 11.2. The quantitative estimate of drug-likeness (QED) is 0.705. The zero-order valence-electron chi connectivity index (χ0n) is 7.77. The standard InChI is InChI=1S/C11H14N2/c1-12-9-5-2-3-7-11-8-4-6-10-13-11/h2-6,8-10,12H,7H2,1H3/b3-2-,9-5-. The molecule has 0 saturated carbocycles. The molecule has 13 heavy (non-hydrogen) atoms. The van der Waals surface area contributed by atoms with Crippen molar-refractivity contribution in [1.29, 1.82) is 0 Å². The van der Waals surface area contributed by atoms with Gasteiger partial charge in [-0.25, -0.2) is 0 Å². The summed E-state index contributed by atoms with van der Waals surface area (Å²) in [6, 6.07) is 5.94. The van der Waals surface area contributed by atoms with E-state index in [9.17, 15) is 0 Å². The molecule has 0 spiro atoms. The fraction of sp³-hybridized carbons (Fsp3) is 0.182. The lowest BCUT2D eigenvalue weighted by Gasteiger charge is -1.91. The smallest absolute Gasteiger partial charge is 0.0441 e. The molecule has 0 aromatic carbocycles. The Balaban J connectivity index is 2.35. The number of hydrogen-bond acceptors (Lipinski definition) is 2. The van der Waals surface area contributed by atoms with Crippen LogP contribution in [0.1, 0.15) is 5.69 Å². The largest absolute Gasteiger partial charge is 0.394 e. The SMILES string of the molecule is CN/C=C\C=C/Cc1ccccn1. The second-order valence-electron chi connectivity index (χ2n) is 2.60. The van der Waals surface area contributed by atoms with E-state index < -0.39 is 0 Å². The van der Waals surface area contributed by atoms with E-state index in [1.165, 1.54) is 0 Å². The van der Waals surface area contributed by atoms with E-state index in [-0.39, 0.29) is 0 Å². The highest BCUT2D eigenvalue weighted by Gasteiger charge is 1.85. The number of rotatable bonds is 4. The van der Waals surface area contributed by atoms with Gasteiger partial charge in [0.15, 0.2) is 0 Å². The van der Waals surface area contributed by atoms with Crippen LogP contribution in [-0.2, 0) is 6.42 Å². The van der Waals surface area contributed by atoms with Gasteiger partial charge in [0.05, 0.1) is 0 Å². The highest BCUT2D eigenvalue weighted by atomic mass is 14.8. The van der Waals surface area contributed by atoms with Crippen LogP contribution in [-0.4, -0.2) is 12.0 Å². The monoisotopic (exact) mass is 174 g/mol. The van der Waals surface area contributed by atoms with Crippen LogP contribution in [0.15, 0.2) is 48.8 Å². The molecule has 68 valence electrons. The number of hydrogen-bond donors (Lipinski definition) is 1. The van der Waals surface area contributed by atoms with Gasteiger partial charge >= 0.3 is 0 Å². The summed E-state index contributed by atoms with van der Waals surface area (Å²) in [5, 5.41) is 2.92. The van der Waals surface area contributed by atoms with Gasteiger partial charge in [-0.2, -0.15) is 0 Å². The molecule has 1 rings (SSSR count). The van der Waals surface area contributed by atoms with E-state index in [0.29, 0.717) is 0 Å². The summed E-state index contributed by atoms with van der Waals surface area (Å²) in [6.07, 6.45) is 10.6. The van der Waals surface area contributed by atoms with Crippen LogP contribution in [0.5, 0.6) is 0 Å². The maximum atomic E-state index is 4.21. The molecule has 1 heterocycles. The first-order valence-electron chi connectivity index (χ1n) is 4.32. The molecular weight excluding hydrogens is 160 g/mol. The Bertz CT molecular complexity index is 275. The van der Waals surface area contributed by atoms with E-state index >= 15 is 0 Å². The number of nitrogens with zero attached hydrogens (tertiary/aromatic N) is 1. The zero-order valence-corrected chi connectivity index (χ0v) is 7.77. The average Bonchev–Trinajstić information content (AvgIpc) is 2.19. The molecule has 0 saturated heterocycles. The number of aromatic nitrogens is 1. The van der Waals surface area contributed by atoms with E-state index in [4.69, 9.17) is 0 Å². The second kappa shape index (κ2) is 6.00. The molecule has 2 heteroatoms. The molecule has 0 aliphatic rings. The van der Waals surface area contributed by atoms with Crippen molar-refractivity contribution in [2.24, 2.45) is 0 Å². The van der Waals surface area contributed by atoms with E-state index in [1.54, 1.807) is 0 Å². The third-order valence-corrected chi connectivity index (χ3v) is 1.56. The highest BCUT2D eigenvalue weighted by molar-refractivity contribution is 5.10. The zero-order chi connectivity index (χ0) is 9.36. The van der Waals surface area contributed by atoms with Crippen molar-refractivity contribution in [2.45, 2.75) is 6.42 Å². The van der Waals surface area contributed by atoms with Crippen molar-refractivity contribution in [3.05, 3.63) is 54.5 Å². The van der Waals surface area contributed by atoms with Gasteiger partial charge < -0.3 is 5.32 Å². The van der Waals surface area contributed by atoms with Crippen molar-refractivity contribution in [1.82, 2.24) is 10.3 Å². The predicted molar refractivity (Wildman–Crippen MR) is 55.3 cm³/mol. The second-order valence-corrected chi connectivity index (χ2v) is 2.60. The molecule has 0 aliphatic carbocycles. The van der Waals surface area contributed by atoms with Crippen molar-refractivity contribution < 1.29 is 0 Å². The van der Waals surface area contributed by atoms with Crippen molar-refractivity contribution in [2.75, 3.05) is 7.05 Å². The van der Waals surface area contributed by atoms with E-state index in [0.717, 1.165) is 12.1 Å². The minimum Gasteiger partial charge on any atom is -0.394 e. The highest BCUT2D eigenvalue weighted by Crippen LogP contribution is 1.95. The fourth-order valence-electron chi connectivity index (χ4n) is 0.938. The lowest BCUT2D eigenvalue weighted by Crippen LogP contribution is -1.89. The Kier molecular flexibility index (Phi) is 4.39. The summed E-state index contributed by atoms with van der Waals surface area (Å²) in [4.78, 5) is 4.21. The summed E-state index contributed by atoms with van der Waals surface area (Å²) >= 11 is 0. The van der Waals surface area contributed by atoms with Crippen LogP contribution >= 0.6 is 0 Å². The molecular formula is C11H14N2. The maximum absolute atomic E-state index is 4.21. The molecule has 1 aromatic heterocycles. The molecule has 0 unspecified atom stereocenters. The van der Waals surface area contributed by atoms with Gasteiger partial charge in [-0.05, 0) is 24.4 Å². The first-order valence-corrected chi connectivity index (χ1v) is 4.32. The lowest BCUT2D eigenvalue weighted by atomic mass is 10.2. The number of nitrogens with one attached hydrogen (secondary N) is 1. The molecule has 0 aliphatic heterocycles. The van der Waals surface area contributed by atoms with Crippen LogP contribution in [0.4, 0.5) is 0 Å². The lowest BCUT2D eigenvalue weighted by molar-refractivity contribution is 1.10. The number of pyridine rings is 1. The van der Waals surface area contributed by atoms with Crippen LogP contribution in [0.25, 0.3) is 0 Å². The Morgan fingerprint density at radius 1 is 1.38 bits per heavy atom. The Morgan fingerprint density at radius 2 is 2.31 bits per heavy atom. The van der Waals surface area contributed by atoms with Gasteiger partial charge in [0, 0.05) is 25.4 Å². The van der Waals surface area contributed by atoms with Crippen LogP contribution in [0, 0.1) is 0 Å². The molecule has 0 bridgehead atoms. The third kappa shape index (κ3) is 4.11. The van der Waals surface area contributed by atoms with Gasteiger partial charge in [-0.3, -0.25) is 4.98 Å². The Labute approximate surface area is 79.0 Å². The summed E-state index contributed by atoms with van der Waals surface area (Å²) in [5.74, 6) is 0. The number of allylic oxidation sites excluding steroid dienone is 3. The topological polar surface area (TPSA) is 24.9 Å². The van der Waals surface area contributed by atoms with Gasteiger partial charge in [-0.1, -0.05) is 18.2 Å². The summed E-state index contributed by atoms with van der Waals surface area (Å²) < 4.78 is 0. The predicted octanol–water partition coefficient (Wildman–Crippen LogP) is 1.91. The first-order chi connectivity index (χ1) is 6.43. The van der Waals surface area contributed by atoms with Gasteiger partial charge in [0.25, 0.3) is 0 Å². The third-order valence-electron chi connectivity index (χ3n) is 1.56. The molecule has 0 atom stereocenters. The van der Waals surface area contributed by atoms with Gasteiger partial charge in [-0.15, -0.1) is 0 Å². The van der Waals surface area contributed by atoms with E-state index in [1.807, 2.05) is 49.8 Å². The van der Waals surface area contributed by atoms with Crippen LogP contribution in [0.3, 0.4) is 0 Å². The van der Waals surface area contributed by atoms with Gasteiger partial charge in [0.2, 0.25) is 0 Å². The van der Waals surface area contributed by atoms with Crippen molar-refractivity contribution in [3.63, 3.8) is 0 Å². The van der Waals surface area contributed by atoms with Crippen LogP contribution in [0.2, 0.25) is 0 Å². The molecule has 1 N–H and O–H groups in total. The Hall–Kier alpha value is -1.57. The summed E-state index contributed by atoms with van der Waals surface area (Å²) in [5.41, 5.74) is 1.09. The molecule has 0 amide bonds. The minimum absolute atomic E-state index is 0.884. The van der Waals surface area contributed by atoms with Crippen molar-refractivity contribution >= 4 is 0 Å². The molecule has 0 radical (unpaired) electrons. The molecule has 2 nitrogen and oxygen atoms in total. The molecule has 1 aromatic rings. The summed E-state index contributed by atoms with van der Waals surface area (Å²) in [6.45, 7) is 0. The first kappa shape index (κ1) is 9.52. The van der Waals surface area contributed by atoms with Crippen molar-refractivity contribution in [3.8, 4) is 0 Å². The minimum atomic E-state index is 0.884. The fourth-order valence-corrected chi connectivity index (χ4v) is 0.938. The average molecular weight is 174 g/mol. The van der Waals surface area contributed by atoms with Crippen LogP contribution < -0.4 is 5.32 Å². The Morgan fingerprint density at radius 3 is 3.00 bits per heavy atom. The van der Waals surface area contributed by atoms with Gasteiger partial charge in [0.1, 0.15) is 0 Å². The molecule has 0 fully saturated rings.